The standard InChI is InChI=1S/C21H21N3O.C21H20N2O2/c1-12-5-7-16-17(8-12)23-21(22-16)18-10-15-14-6-4-13(2)9-19(14)25-20(15)11-24(18)3;1-12-5-7-18-16(8-12)22-21(25-18)17-10-15-14-6-4-13(2)9-19(14)24-20(15)11-23(17)3/h4-9,18H,10-11H2,1-3H3,(H,22,23);4-9,17H,10-11H2,1-3H3/t18-;17-/m11/s1. The number of hydrogen-bond donors (Lipinski definition) is 1. The van der Waals surface area contributed by atoms with Crippen LogP contribution in [0.25, 0.3) is 44.1 Å². The average Bonchev–Trinajstić information content (AvgIpc) is 3.85. The summed E-state index contributed by atoms with van der Waals surface area (Å²) in [6.45, 7) is 9.96. The molecule has 0 amide bonds. The first-order chi connectivity index (χ1) is 24.2. The quantitative estimate of drug-likeness (QED) is 0.197. The first-order valence-corrected chi connectivity index (χ1v) is 17.4. The van der Waals surface area contributed by atoms with E-state index in [1.165, 1.54) is 44.2 Å². The number of oxazole rings is 1. The Balaban J connectivity index is 0.000000135. The smallest absolute Gasteiger partial charge is 0.213 e. The van der Waals surface area contributed by atoms with Gasteiger partial charge in [0.1, 0.15) is 34.0 Å². The largest absolute Gasteiger partial charge is 0.459 e. The van der Waals surface area contributed by atoms with Crippen molar-refractivity contribution in [3.63, 3.8) is 0 Å². The van der Waals surface area contributed by atoms with Crippen molar-refractivity contribution in [3.05, 3.63) is 129 Å². The van der Waals surface area contributed by atoms with Gasteiger partial charge in [-0.25, -0.2) is 9.97 Å². The third-order valence-electron chi connectivity index (χ3n) is 10.5. The number of H-pyrrole nitrogens is 1. The minimum Gasteiger partial charge on any atom is -0.459 e. The second-order valence-electron chi connectivity index (χ2n) is 14.4. The summed E-state index contributed by atoms with van der Waals surface area (Å²) in [7, 11) is 4.25. The molecule has 1 N–H and O–H groups in total. The van der Waals surface area contributed by atoms with Crippen LogP contribution in [0.3, 0.4) is 0 Å². The molecule has 4 aromatic heterocycles. The van der Waals surface area contributed by atoms with E-state index in [0.29, 0.717) is 0 Å². The number of nitrogens with one attached hydrogen (secondary N) is 1. The zero-order valence-electron chi connectivity index (χ0n) is 29.4. The Morgan fingerprint density at radius 2 is 1.14 bits per heavy atom. The van der Waals surface area contributed by atoms with Crippen LogP contribution in [0.2, 0.25) is 0 Å². The van der Waals surface area contributed by atoms with Gasteiger partial charge in [-0.05, 0) is 107 Å². The molecule has 2 aliphatic heterocycles. The maximum Gasteiger partial charge on any atom is 0.213 e. The van der Waals surface area contributed by atoms with E-state index in [4.69, 9.17) is 23.2 Å². The first kappa shape index (κ1) is 30.8. The highest BCUT2D eigenvalue weighted by Crippen LogP contribution is 2.40. The minimum absolute atomic E-state index is 0.127. The Bertz CT molecular complexity index is 2390. The van der Waals surface area contributed by atoms with Gasteiger partial charge in [-0.3, -0.25) is 9.80 Å². The first-order valence-electron chi connectivity index (χ1n) is 17.4. The lowest BCUT2D eigenvalue weighted by Gasteiger charge is -2.30. The molecule has 252 valence electrons. The van der Waals surface area contributed by atoms with Gasteiger partial charge in [-0.15, -0.1) is 0 Å². The highest BCUT2D eigenvalue weighted by Gasteiger charge is 2.33. The fraction of sp³-hybridized carbons (Fsp3) is 0.286. The van der Waals surface area contributed by atoms with Gasteiger partial charge in [0, 0.05) is 28.3 Å². The number of furan rings is 2. The van der Waals surface area contributed by atoms with E-state index in [0.717, 1.165) is 82.5 Å². The molecular weight excluding hydrogens is 622 g/mol. The highest BCUT2D eigenvalue weighted by atomic mass is 16.4. The van der Waals surface area contributed by atoms with E-state index in [1.807, 2.05) is 6.07 Å². The molecule has 50 heavy (non-hydrogen) atoms. The number of likely N-dealkylation sites (N-methyl/N-ethyl adjacent to an activating group) is 2. The van der Waals surface area contributed by atoms with Crippen molar-refractivity contribution in [2.24, 2.45) is 0 Å². The van der Waals surface area contributed by atoms with Gasteiger partial charge in [0.2, 0.25) is 5.89 Å². The number of rotatable bonds is 2. The minimum atomic E-state index is 0.127. The van der Waals surface area contributed by atoms with Crippen molar-refractivity contribution in [2.75, 3.05) is 14.1 Å². The third-order valence-corrected chi connectivity index (χ3v) is 10.5. The van der Waals surface area contributed by atoms with Gasteiger partial charge in [-0.2, -0.15) is 0 Å². The van der Waals surface area contributed by atoms with Crippen LogP contribution in [0.4, 0.5) is 0 Å². The summed E-state index contributed by atoms with van der Waals surface area (Å²) in [5, 5.41) is 2.45. The molecule has 2 atom stereocenters. The zero-order chi connectivity index (χ0) is 34.3. The van der Waals surface area contributed by atoms with E-state index in [-0.39, 0.29) is 12.1 Å². The molecule has 8 heteroatoms. The van der Waals surface area contributed by atoms with Gasteiger partial charge < -0.3 is 18.2 Å². The topological polar surface area (TPSA) is 87.5 Å². The number of nitrogens with zero attached hydrogens (tertiary/aromatic N) is 4. The molecule has 0 bridgehead atoms. The molecule has 8 aromatic rings. The van der Waals surface area contributed by atoms with E-state index in [1.54, 1.807) is 0 Å². The number of benzene rings is 4. The molecule has 0 spiro atoms. The Labute approximate surface area is 290 Å². The lowest BCUT2D eigenvalue weighted by Crippen LogP contribution is -2.31. The van der Waals surface area contributed by atoms with Crippen LogP contribution in [-0.4, -0.2) is 38.8 Å². The molecule has 6 heterocycles. The molecule has 0 unspecified atom stereocenters. The van der Waals surface area contributed by atoms with Crippen LogP contribution in [-0.2, 0) is 25.9 Å². The Morgan fingerprint density at radius 1 is 0.580 bits per heavy atom. The van der Waals surface area contributed by atoms with Crippen molar-refractivity contribution in [1.82, 2.24) is 24.8 Å². The van der Waals surface area contributed by atoms with Gasteiger partial charge in [0.15, 0.2) is 5.58 Å². The van der Waals surface area contributed by atoms with Crippen molar-refractivity contribution >= 4 is 44.1 Å². The highest BCUT2D eigenvalue weighted by molar-refractivity contribution is 5.84. The maximum absolute atomic E-state index is 6.13. The van der Waals surface area contributed by atoms with E-state index < -0.39 is 0 Å². The lowest BCUT2D eigenvalue weighted by molar-refractivity contribution is 0.173. The molecular formula is C42H41N5O3. The Morgan fingerprint density at radius 3 is 1.82 bits per heavy atom. The second kappa shape index (κ2) is 11.7. The number of aromatic amines is 1. The summed E-state index contributed by atoms with van der Waals surface area (Å²) in [6.07, 6.45) is 1.77. The average molecular weight is 664 g/mol. The molecule has 0 saturated heterocycles. The molecule has 0 fully saturated rings. The maximum atomic E-state index is 6.13. The van der Waals surface area contributed by atoms with Gasteiger partial charge in [0.25, 0.3) is 0 Å². The second-order valence-corrected chi connectivity index (χ2v) is 14.4. The molecule has 0 radical (unpaired) electrons. The van der Waals surface area contributed by atoms with Gasteiger partial charge >= 0.3 is 0 Å². The van der Waals surface area contributed by atoms with Crippen LogP contribution < -0.4 is 0 Å². The van der Waals surface area contributed by atoms with Gasteiger partial charge in [0.05, 0.1) is 36.2 Å². The fourth-order valence-corrected chi connectivity index (χ4v) is 7.77. The molecule has 4 aromatic carbocycles. The van der Waals surface area contributed by atoms with E-state index >= 15 is 0 Å². The van der Waals surface area contributed by atoms with Crippen LogP contribution in [0.15, 0.2) is 86.0 Å². The predicted octanol–water partition coefficient (Wildman–Crippen LogP) is 9.58. The number of imidazole rings is 1. The lowest BCUT2D eigenvalue weighted by atomic mass is 9.96. The number of aryl methyl sites for hydroxylation is 4. The van der Waals surface area contributed by atoms with E-state index in [2.05, 4.69) is 123 Å². The van der Waals surface area contributed by atoms with Crippen LogP contribution >= 0.6 is 0 Å². The Hall–Kier alpha value is -5.18. The Kier molecular flexibility index (Phi) is 7.23. The summed E-state index contributed by atoms with van der Waals surface area (Å²) < 4.78 is 18.3. The van der Waals surface area contributed by atoms with Crippen molar-refractivity contribution < 1.29 is 13.3 Å². The van der Waals surface area contributed by atoms with Crippen LogP contribution in [0.1, 0.15) is 68.7 Å². The molecule has 2 aliphatic rings. The van der Waals surface area contributed by atoms with Gasteiger partial charge in [-0.1, -0.05) is 36.4 Å². The molecule has 8 nitrogen and oxygen atoms in total. The van der Waals surface area contributed by atoms with Crippen molar-refractivity contribution in [3.8, 4) is 0 Å². The van der Waals surface area contributed by atoms with Crippen LogP contribution in [0.5, 0.6) is 0 Å². The summed E-state index contributed by atoms with van der Waals surface area (Å²) in [4.78, 5) is 17.7. The fourth-order valence-electron chi connectivity index (χ4n) is 7.77. The monoisotopic (exact) mass is 663 g/mol. The van der Waals surface area contributed by atoms with Crippen molar-refractivity contribution in [1.29, 1.82) is 0 Å². The zero-order valence-corrected chi connectivity index (χ0v) is 29.4. The summed E-state index contributed by atoms with van der Waals surface area (Å²) in [5.74, 6) is 3.98. The van der Waals surface area contributed by atoms with E-state index in [9.17, 15) is 0 Å². The number of fused-ring (bicyclic) bond motifs is 8. The third kappa shape index (κ3) is 5.30. The number of aromatic nitrogens is 3. The summed E-state index contributed by atoms with van der Waals surface area (Å²) in [6, 6.07) is 25.8. The summed E-state index contributed by atoms with van der Waals surface area (Å²) in [5.41, 5.74) is 13.4. The molecule has 10 rings (SSSR count). The summed E-state index contributed by atoms with van der Waals surface area (Å²) >= 11 is 0. The SMILES string of the molecule is Cc1ccc2nc([C@H]3Cc4c(oc5cc(C)ccc45)CN3C)[nH]c2c1.Cc1ccc2oc([C@H]3Cc4c(oc5cc(C)ccc45)CN3C)nc2c1. The van der Waals surface area contributed by atoms with Crippen molar-refractivity contribution in [2.45, 2.75) is 65.7 Å². The predicted molar refractivity (Wildman–Crippen MR) is 197 cm³/mol. The molecule has 0 saturated carbocycles. The normalized spacial score (nSPS) is 18.1. The molecule has 0 aliphatic carbocycles. The number of hydrogen-bond acceptors (Lipinski definition) is 7. The van der Waals surface area contributed by atoms with Crippen LogP contribution in [0, 0.1) is 27.7 Å².